The first kappa shape index (κ1) is 8.71. The van der Waals surface area contributed by atoms with Crippen molar-refractivity contribution < 1.29 is 9.53 Å². The molecule has 0 fully saturated rings. The minimum atomic E-state index is -0.293. The molecule has 1 radical (unpaired) electrons. The van der Waals surface area contributed by atoms with Crippen LogP contribution in [0.3, 0.4) is 0 Å². The smallest absolute Gasteiger partial charge is 0.303 e. The van der Waals surface area contributed by atoms with Crippen LogP contribution >= 0.6 is 0 Å². The molecule has 0 unspecified atom stereocenters. The summed E-state index contributed by atoms with van der Waals surface area (Å²) in [5, 5.41) is 0. The maximum absolute atomic E-state index is 10.4. The lowest BCUT2D eigenvalue weighted by Gasteiger charge is -2.00. The van der Waals surface area contributed by atoms with E-state index in [1.165, 1.54) is 6.92 Å². The molecule has 0 aliphatic heterocycles. The summed E-state index contributed by atoms with van der Waals surface area (Å²) in [7, 11) is 0. The molecule has 3 heteroatoms. The zero-order valence-corrected chi connectivity index (χ0v) is 7.13. The maximum Gasteiger partial charge on any atom is 0.303 e. The largest absolute Gasteiger partial charge is 0.459 e. The monoisotopic (exact) mass is 164 g/mol. The Morgan fingerprint density at radius 1 is 1.67 bits per heavy atom. The Balaban J connectivity index is 2.57. The van der Waals surface area contributed by atoms with Crippen LogP contribution in [0.4, 0.5) is 0 Å². The van der Waals surface area contributed by atoms with Crippen LogP contribution in [0.15, 0.2) is 12.1 Å². The summed E-state index contributed by atoms with van der Waals surface area (Å²) < 4.78 is 4.76. The number of aromatic nitrogens is 1. The van der Waals surface area contributed by atoms with Crippen LogP contribution in [0.5, 0.6) is 0 Å². The molecule has 1 heterocycles. The number of nitrogens with zero attached hydrogens (tertiary/aromatic N) is 1. The van der Waals surface area contributed by atoms with Gasteiger partial charge in [-0.3, -0.25) is 9.78 Å². The predicted octanol–water partition coefficient (Wildman–Crippen LogP) is 1.25. The van der Waals surface area contributed by atoms with Gasteiger partial charge in [-0.1, -0.05) is 0 Å². The molecule has 0 spiro atoms. The van der Waals surface area contributed by atoms with Crippen molar-refractivity contribution in [1.82, 2.24) is 4.98 Å². The van der Waals surface area contributed by atoms with Gasteiger partial charge in [-0.2, -0.15) is 0 Å². The molecule has 0 bridgehead atoms. The summed E-state index contributed by atoms with van der Waals surface area (Å²) in [5.41, 5.74) is 1.60. The van der Waals surface area contributed by atoms with Gasteiger partial charge in [-0.25, -0.2) is 0 Å². The van der Waals surface area contributed by atoms with Crippen molar-refractivity contribution in [3.63, 3.8) is 0 Å². The lowest BCUT2D eigenvalue weighted by Crippen LogP contribution is -2.01. The minimum absolute atomic E-state index is 0.230. The minimum Gasteiger partial charge on any atom is -0.459 e. The highest BCUT2D eigenvalue weighted by atomic mass is 16.5. The van der Waals surface area contributed by atoms with Gasteiger partial charge in [0.05, 0.1) is 5.69 Å². The summed E-state index contributed by atoms with van der Waals surface area (Å²) in [6, 6.07) is 6.38. The molecule has 0 aromatic carbocycles. The van der Waals surface area contributed by atoms with Crippen LogP contribution in [0.1, 0.15) is 18.3 Å². The third-order valence-electron chi connectivity index (χ3n) is 1.29. The number of esters is 1. The summed E-state index contributed by atoms with van der Waals surface area (Å²) in [6.07, 6.45) is 0. The Kier molecular flexibility index (Phi) is 2.80. The first-order valence-corrected chi connectivity index (χ1v) is 3.65. The van der Waals surface area contributed by atoms with Gasteiger partial charge in [-0.05, 0) is 25.1 Å². The van der Waals surface area contributed by atoms with E-state index in [1.54, 1.807) is 12.1 Å². The Bertz CT molecular complexity index is 284. The third-order valence-corrected chi connectivity index (χ3v) is 1.29. The van der Waals surface area contributed by atoms with Crippen molar-refractivity contribution in [3.8, 4) is 0 Å². The van der Waals surface area contributed by atoms with Crippen LogP contribution < -0.4 is 0 Å². The van der Waals surface area contributed by atoms with Crippen molar-refractivity contribution in [2.24, 2.45) is 0 Å². The Hall–Kier alpha value is -1.38. The number of hydrogen-bond acceptors (Lipinski definition) is 3. The molecular weight excluding hydrogens is 154 g/mol. The molecule has 0 amide bonds. The zero-order valence-electron chi connectivity index (χ0n) is 7.13. The highest BCUT2D eigenvalue weighted by Gasteiger charge is 1.96. The standard InChI is InChI=1S/C9H10NO2/c1-7-4-3-5-9(10-7)6-12-8(2)11/h4-5H,6H2,1-2H3. The van der Waals surface area contributed by atoms with Crippen LogP contribution in [0, 0.1) is 13.0 Å². The second-order valence-electron chi connectivity index (χ2n) is 2.48. The Labute approximate surface area is 71.4 Å². The highest BCUT2D eigenvalue weighted by Crippen LogP contribution is 1.99. The molecule has 12 heavy (non-hydrogen) atoms. The average molecular weight is 164 g/mol. The van der Waals surface area contributed by atoms with Gasteiger partial charge in [0.2, 0.25) is 0 Å². The topological polar surface area (TPSA) is 39.2 Å². The van der Waals surface area contributed by atoms with Crippen molar-refractivity contribution >= 4 is 5.97 Å². The van der Waals surface area contributed by atoms with Crippen molar-refractivity contribution in [2.45, 2.75) is 20.5 Å². The second-order valence-corrected chi connectivity index (χ2v) is 2.48. The normalized spacial score (nSPS) is 9.50. The number of pyridine rings is 1. The van der Waals surface area contributed by atoms with Crippen molar-refractivity contribution in [3.05, 3.63) is 29.6 Å². The summed E-state index contributed by atoms with van der Waals surface area (Å²) >= 11 is 0. The molecule has 63 valence electrons. The fraction of sp³-hybridized carbons (Fsp3) is 0.333. The van der Waals surface area contributed by atoms with Crippen LogP contribution in [0.25, 0.3) is 0 Å². The number of hydrogen-bond donors (Lipinski definition) is 0. The predicted molar refractivity (Wildman–Crippen MR) is 43.3 cm³/mol. The summed E-state index contributed by atoms with van der Waals surface area (Å²) in [6.45, 7) is 3.47. The fourth-order valence-corrected chi connectivity index (χ4v) is 0.799. The molecule has 1 aromatic rings. The van der Waals surface area contributed by atoms with E-state index in [4.69, 9.17) is 4.74 Å². The summed E-state index contributed by atoms with van der Waals surface area (Å²) in [4.78, 5) is 14.6. The van der Waals surface area contributed by atoms with Gasteiger partial charge in [-0.15, -0.1) is 0 Å². The molecular formula is C9H10NO2. The third kappa shape index (κ3) is 2.70. The molecule has 0 saturated carbocycles. The van der Waals surface area contributed by atoms with E-state index in [0.29, 0.717) is 0 Å². The van der Waals surface area contributed by atoms with Gasteiger partial charge < -0.3 is 4.74 Å². The van der Waals surface area contributed by atoms with Gasteiger partial charge >= 0.3 is 5.97 Å². The van der Waals surface area contributed by atoms with E-state index in [9.17, 15) is 4.79 Å². The molecule has 0 aliphatic carbocycles. The first-order chi connectivity index (χ1) is 5.68. The Morgan fingerprint density at radius 2 is 2.42 bits per heavy atom. The van der Waals surface area contributed by atoms with E-state index < -0.39 is 0 Å². The van der Waals surface area contributed by atoms with Gasteiger partial charge in [0, 0.05) is 12.6 Å². The van der Waals surface area contributed by atoms with Gasteiger partial charge in [0.25, 0.3) is 0 Å². The lowest BCUT2D eigenvalue weighted by atomic mass is 10.3. The number of carbonyl (C=O) groups is 1. The molecule has 0 atom stereocenters. The van der Waals surface area contributed by atoms with E-state index in [2.05, 4.69) is 11.1 Å². The van der Waals surface area contributed by atoms with Crippen molar-refractivity contribution in [2.75, 3.05) is 0 Å². The number of ether oxygens (including phenoxy) is 1. The van der Waals surface area contributed by atoms with E-state index in [1.807, 2.05) is 6.92 Å². The van der Waals surface area contributed by atoms with Gasteiger partial charge in [0.15, 0.2) is 0 Å². The Morgan fingerprint density at radius 3 is 3.00 bits per heavy atom. The zero-order chi connectivity index (χ0) is 8.97. The molecule has 0 N–H and O–H groups in total. The number of rotatable bonds is 2. The van der Waals surface area contributed by atoms with E-state index in [-0.39, 0.29) is 12.6 Å². The maximum atomic E-state index is 10.4. The van der Waals surface area contributed by atoms with Crippen LogP contribution in [-0.2, 0) is 16.1 Å². The summed E-state index contributed by atoms with van der Waals surface area (Å²) in [5.74, 6) is -0.293. The molecule has 0 saturated heterocycles. The van der Waals surface area contributed by atoms with Crippen molar-refractivity contribution in [1.29, 1.82) is 0 Å². The number of aryl methyl sites for hydroxylation is 1. The molecule has 1 rings (SSSR count). The fourth-order valence-electron chi connectivity index (χ4n) is 0.799. The van der Waals surface area contributed by atoms with Crippen LogP contribution in [-0.4, -0.2) is 11.0 Å². The molecule has 1 aromatic heterocycles. The van der Waals surface area contributed by atoms with Crippen LogP contribution in [0.2, 0.25) is 0 Å². The SMILES string of the molecule is CC(=O)OCc1c[c]cc(C)n1. The molecule has 0 aliphatic rings. The van der Waals surface area contributed by atoms with E-state index >= 15 is 0 Å². The number of carbonyl (C=O) groups excluding carboxylic acids is 1. The average Bonchev–Trinajstić information content (AvgIpc) is 2.01. The van der Waals surface area contributed by atoms with E-state index in [0.717, 1.165) is 11.4 Å². The second kappa shape index (κ2) is 3.85. The highest BCUT2D eigenvalue weighted by molar-refractivity contribution is 5.65. The first-order valence-electron chi connectivity index (χ1n) is 3.65. The molecule has 3 nitrogen and oxygen atoms in total. The van der Waals surface area contributed by atoms with Gasteiger partial charge in [0.1, 0.15) is 6.61 Å². The quantitative estimate of drug-likeness (QED) is 0.617. The lowest BCUT2D eigenvalue weighted by molar-refractivity contribution is -0.142.